The molecule has 0 bridgehead atoms. The molecule has 0 aliphatic carbocycles. The smallest absolute Gasteiger partial charge is 0.280 e. The Hall–Kier alpha value is -2.36. The number of phenolic OH excluding ortho intramolecular Hbond substituents is 1. The van der Waals surface area contributed by atoms with E-state index in [1.165, 1.54) is 25.4 Å². The molecule has 1 saturated heterocycles. The Kier molecular flexibility index (Phi) is 4.31. The van der Waals surface area contributed by atoms with E-state index in [-0.39, 0.29) is 12.2 Å². The number of rotatable bonds is 3. The van der Waals surface area contributed by atoms with Crippen LogP contribution in [0.3, 0.4) is 0 Å². The summed E-state index contributed by atoms with van der Waals surface area (Å²) in [5.41, 5.74) is 0.388. The molecule has 1 fully saturated rings. The fraction of sp³-hybridized carbons (Fsp3) is 0.267. The van der Waals surface area contributed by atoms with Crippen molar-refractivity contribution in [1.29, 1.82) is 0 Å². The van der Waals surface area contributed by atoms with E-state index >= 15 is 0 Å². The van der Waals surface area contributed by atoms with Crippen LogP contribution in [0, 0.1) is 0 Å². The molecule has 1 amide bonds. The molecule has 2 atom stereocenters. The summed E-state index contributed by atoms with van der Waals surface area (Å²) in [7, 11) is -2.48. The Labute approximate surface area is 139 Å². The van der Waals surface area contributed by atoms with Gasteiger partial charge in [-0.3, -0.25) is 4.79 Å². The summed E-state index contributed by atoms with van der Waals surface area (Å²) in [6.45, 7) is 0. The van der Waals surface area contributed by atoms with Gasteiger partial charge in [-0.15, -0.1) is 0 Å². The molecule has 0 saturated carbocycles. The number of carbonyl (C=O) groups excluding carboxylic acids is 1. The number of furan rings is 1. The minimum Gasteiger partial charge on any atom is -0.508 e. The average molecular weight is 351 g/mol. The van der Waals surface area contributed by atoms with Crippen LogP contribution in [-0.2, 0) is 15.0 Å². The first-order chi connectivity index (χ1) is 11.4. The van der Waals surface area contributed by atoms with Gasteiger partial charge in [0.05, 0.1) is 12.3 Å². The lowest BCUT2D eigenvalue weighted by Crippen LogP contribution is -2.55. The molecular weight excluding hydrogens is 334 g/mol. The van der Waals surface area contributed by atoms with Crippen LogP contribution >= 0.6 is 0 Å². The number of anilines is 1. The maximum atomic E-state index is 12.5. The summed E-state index contributed by atoms with van der Waals surface area (Å²) in [5, 5.41) is 12.1. The van der Waals surface area contributed by atoms with Crippen molar-refractivity contribution in [3.63, 3.8) is 0 Å². The summed E-state index contributed by atoms with van der Waals surface area (Å²) >= 11 is 0. The molecule has 3 rings (SSSR count). The first kappa shape index (κ1) is 16.5. The van der Waals surface area contributed by atoms with Crippen molar-refractivity contribution in [2.75, 3.05) is 12.4 Å². The van der Waals surface area contributed by atoms with Crippen LogP contribution in [-0.4, -0.2) is 36.8 Å². The Morgan fingerprint density at radius 3 is 2.83 bits per heavy atom. The number of benzene rings is 1. The molecule has 1 aliphatic rings. The molecule has 128 valence electrons. The van der Waals surface area contributed by atoms with Crippen LogP contribution < -0.4 is 10.0 Å². The van der Waals surface area contributed by atoms with E-state index in [1.807, 2.05) is 0 Å². The topological polar surface area (TPSA) is 112 Å². The van der Waals surface area contributed by atoms with Gasteiger partial charge in [0.1, 0.15) is 17.6 Å². The predicted molar refractivity (Wildman–Crippen MR) is 86.4 cm³/mol. The predicted octanol–water partition coefficient (Wildman–Crippen LogP) is 1.20. The zero-order chi connectivity index (χ0) is 17.3. The SMILES string of the molecule is CN1[C@@H](C(=O)Nc2cccc(O)c2)C[C@@H](c2ccco2)NS1(=O)=O. The van der Waals surface area contributed by atoms with Crippen LogP contribution in [0.15, 0.2) is 47.1 Å². The number of amides is 1. The molecule has 1 aliphatic heterocycles. The van der Waals surface area contributed by atoms with Crippen molar-refractivity contribution in [2.45, 2.75) is 18.5 Å². The highest BCUT2D eigenvalue weighted by molar-refractivity contribution is 7.87. The normalized spacial score (nSPS) is 23.7. The molecule has 0 spiro atoms. The van der Waals surface area contributed by atoms with Crippen LogP contribution in [0.4, 0.5) is 5.69 Å². The van der Waals surface area contributed by atoms with E-state index in [1.54, 1.807) is 24.3 Å². The van der Waals surface area contributed by atoms with Crippen molar-refractivity contribution >= 4 is 21.8 Å². The molecule has 3 N–H and O–H groups in total. The highest BCUT2D eigenvalue weighted by Crippen LogP contribution is 2.28. The Bertz CT molecular complexity index is 835. The van der Waals surface area contributed by atoms with Crippen molar-refractivity contribution in [3.05, 3.63) is 48.4 Å². The number of nitrogens with one attached hydrogen (secondary N) is 2. The molecule has 9 heteroatoms. The summed E-state index contributed by atoms with van der Waals surface area (Å²) in [5.74, 6) is -0.0286. The second kappa shape index (κ2) is 6.27. The van der Waals surface area contributed by atoms with Crippen molar-refractivity contribution in [1.82, 2.24) is 9.03 Å². The summed E-state index contributed by atoms with van der Waals surface area (Å²) in [4.78, 5) is 12.5. The average Bonchev–Trinajstić information content (AvgIpc) is 3.04. The largest absolute Gasteiger partial charge is 0.508 e. The second-order valence-electron chi connectivity index (χ2n) is 5.50. The zero-order valence-electron chi connectivity index (χ0n) is 12.8. The molecule has 24 heavy (non-hydrogen) atoms. The maximum absolute atomic E-state index is 12.5. The maximum Gasteiger partial charge on any atom is 0.280 e. The molecule has 1 aromatic carbocycles. The van der Waals surface area contributed by atoms with Crippen LogP contribution in [0.2, 0.25) is 0 Å². The minimum atomic E-state index is -3.82. The monoisotopic (exact) mass is 351 g/mol. The molecule has 2 aromatic rings. The van der Waals surface area contributed by atoms with E-state index in [4.69, 9.17) is 4.42 Å². The minimum absolute atomic E-state index is 0.00699. The van der Waals surface area contributed by atoms with Crippen molar-refractivity contribution in [2.24, 2.45) is 0 Å². The first-order valence-electron chi connectivity index (χ1n) is 7.25. The fourth-order valence-corrected chi connectivity index (χ4v) is 3.85. The van der Waals surface area contributed by atoms with Gasteiger partial charge in [-0.1, -0.05) is 6.07 Å². The van der Waals surface area contributed by atoms with Crippen LogP contribution in [0.25, 0.3) is 0 Å². The Morgan fingerprint density at radius 2 is 2.17 bits per heavy atom. The van der Waals surface area contributed by atoms with Gasteiger partial charge in [-0.05, 0) is 30.7 Å². The van der Waals surface area contributed by atoms with Gasteiger partial charge < -0.3 is 14.8 Å². The van der Waals surface area contributed by atoms with Gasteiger partial charge in [0.25, 0.3) is 10.2 Å². The Balaban J connectivity index is 1.83. The van der Waals surface area contributed by atoms with E-state index in [0.717, 1.165) is 4.31 Å². The number of aromatic hydroxyl groups is 1. The van der Waals surface area contributed by atoms with Gasteiger partial charge in [-0.25, -0.2) is 0 Å². The highest BCUT2D eigenvalue weighted by atomic mass is 32.2. The molecule has 8 nitrogen and oxygen atoms in total. The highest BCUT2D eigenvalue weighted by Gasteiger charge is 2.41. The standard InChI is InChI=1S/C15H17N3O5S/c1-18-13(15(20)16-10-4-2-5-11(19)8-10)9-12(17-24(18,21)22)14-6-3-7-23-14/h2-8,12-13,17,19H,9H2,1H3,(H,16,20)/t12-,13+/m0/s1. The lowest BCUT2D eigenvalue weighted by molar-refractivity contribution is -0.120. The van der Waals surface area contributed by atoms with E-state index in [0.29, 0.717) is 11.4 Å². The van der Waals surface area contributed by atoms with Gasteiger partial charge in [0.2, 0.25) is 5.91 Å². The fourth-order valence-electron chi connectivity index (χ4n) is 2.60. The lowest BCUT2D eigenvalue weighted by Gasteiger charge is -2.35. The number of likely N-dealkylation sites (N-methyl/N-ethyl adjacent to an activating group) is 1. The molecule has 2 heterocycles. The van der Waals surface area contributed by atoms with Gasteiger partial charge in [-0.2, -0.15) is 17.4 Å². The Morgan fingerprint density at radius 1 is 1.38 bits per heavy atom. The van der Waals surface area contributed by atoms with Crippen molar-refractivity contribution in [3.8, 4) is 5.75 Å². The molecular formula is C15H17N3O5S. The zero-order valence-corrected chi connectivity index (χ0v) is 13.7. The van der Waals surface area contributed by atoms with Crippen molar-refractivity contribution < 1.29 is 22.7 Å². The lowest BCUT2D eigenvalue weighted by atomic mass is 10.0. The third-order valence-electron chi connectivity index (χ3n) is 3.87. The molecule has 0 radical (unpaired) electrons. The number of hydrogen-bond donors (Lipinski definition) is 3. The summed E-state index contributed by atoms with van der Waals surface area (Å²) < 4.78 is 33.3. The van der Waals surface area contributed by atoms with Crippen LogP contribution in [0.1, 0.15) is 18.2 Å². The number of hydrogen-bond acceptors (Lipinski definition) is 5. The number of phenols is 1. The quantitative estimate of drug-likeness (QED) is 0.769. The third kappa shape index (κ3) is 3.28. The van der Waals surface area contributed by atoms with E-state index in [2.05, 4.69) is 10.0 Å². The number of carbonyl (C=O) groups is 1. The van der Waals surface area contributed by atoms with E-state index < -0.39 is 28.2 Å². The number of nitrogens with zero attached hydrogens (tertiary/aromatic N) is 1. The molecule has 1 aromatic heterocycles. The van der Waals surface area contributed by atoms with Crippen LogP contribution in [0.5, 0.6) is 5.75 Å². The van der Waals surface area contributed by atoms with E-state index in [9.17, 15) is 18.3 Å². The second-order valence-corrected chi connectivity index (χ2v) is 7.26. The van der Waals surface area contributed by atoms with Gasteiger partial charge in [0, 0.05) is 18.8 Å². The third-order valence-corrected chi connectivity index (χ3v) is 5.47. The first-order valence-corrected chi connectivity index (χ1v) is 8.69. The van der Waals surface area contributed by atoms with Gasteiger partial charge >= 0.3 is 0 Å². The summed E-state index contributed by atoms with van der Waals surface area (Å²) in [6, 6.07) is 7.83. The molecule has 0 unspecified atom stereocenters. The summed E-state index contributed by atoms with van der Waals surface area (Å²) in [6.07, 6.45) is 1.66. The van der Waals surface area contributed by atoms with Gasteiger partial charge in [0.15, 0.2) is 0 Å².